The van der Waals surface area contributed by atoms with Crippen molar-refractivity contribution in [1.82, 2.24) is 20.3 Å². The standard InChI is InChI=1S/C28H29N7O14S/c1-11-4-27(23(41)42,5-12(2)47-11)49-32-19(15-10-50-25(29)31-15)20(38)30-14-9-46-35(21(14)39)28(24(43)44)6-16(22(40)48-28)34-7-13-3-17(36)18(37)8-33(13)26(34)45/h3,8,10-12,14,16H,4-7,9H2,1-2H3,(H6,29,30,31,37,38,41,42,43,44)/p+1/b32-19-/t11-,12-,14+,16?,28?/m1/s1. The summed E-state index contributed by atoms with van der Waals surface area (Å²) in [6, 6.07) is -2.87. The molecule has 0 spiro atoms. The van der Waals surface area contributed by atoms with Crippen molar-refractivity contribution < 1.29 is 72.9 Å². The van der Waals surface area contributed by atoms with Crippen LogP contribution in [-0.2, 0) is 49.7 Å². The van der Waals surface area contributed by atoms with Gasteiger partial charge in [0.05, 0.1) is 18.6 Å². The second-order valence-electron chi connectivity index (χ2n) is 12.1. The molecule has 50 heavy (non-hydrogen) atoms. The molecule has 22 heteroatoms. The zero-order valence-corrected chi connectivity index (χ0v) is 27.0. The number of aromatic hydroxyl groups is 2. The zero-order chi connectivity index (χ0) is 36.3. The van der Waals surface area contributed by atoms with Crippen LogP contribution in [-0.4, -0.2) is 119 Å². The Bertz CT molecular complexity index is 1840. The second-order valence-corrected chi connectivity index (χ2v) is 13.0. The van der Waals surface area contributed by atoms with Gasteiger partial charge in [-0.1, -0.05) is 5.16 Å². The first-order valence-electron chi connectivity index (χ1n) is 14.9. The molecule has 0 aliphatic carbocycles. The van der Waals surface area contributed by atoms with E-state index in [0.29, 0.717) is 0 Å². The normalized spacial score (nSPS) is 29.6. The number of nitrogens with zero attached hydrogens (tertiary/aromatic N) is 5. The summed E-state index contributed by atoms with van der Waals surface area (Å²) in [7, 11) is 0. The third-order valence-corrected chi connectivity index (χ3v) is 9.19. The highest BCUT2D eigenvalue weighted by Gasteiger charge is 2.66. The molecule has 7 N–H and O–H groups in total. The number of hydroxylamine groups is 2. The monoisotopic (exact) mass is 720 g/mol. The summed E-state index contributed by atoms with van der Waals surface area (Å²) in [5.74, 6) is -7.76. The van der Waals surface area contributed by atoms with E-state index in [1.54, 1.807) is 13.8 Å². The Kier molecular flexibility index (Phi) is 8.48. The number of cyclic esters (lactones) is 1. The average Bonchev–Trinajstić information content (AvgIpc) is 3.79. The highest BCUT2D eigenvalue weighted by Crippen LogP contribution is 2.38. The van der Waals surface area contributed by atoms with Gasteiger partial charge >= 0.3 is 29.7 Å². The van der Waals surface area contributed by atoms with Gasteiger partial charge in [0.1, 0.15) is 24.5 Å². The van der Waals surface area contributed by atoms with Gasteiger partial charge in [0.2, 0.25) is 11.6 Å². The zero-order valence-electron chi connectivity index (χ0n) is 26.2. The Labute approximate surface area is 284 Å². The molecular weight excluding hydrogens is 690 g/mol. The first-order valence-corrected chi connectivity index (χ1v) is 15.8. The summed E-state index contributed by atoms with van der Waals surface area (Å²) in [5.41, 5.74) is 0.591. The molecule has 3 fully saturated rings. The van der Waals surface area contributed by atoms with E-state index in [0.717, 1.165) is 33.1 Å². The number of oxime groups is 1. The van der Waals surface area contributed by atoms with Crippen molar-refractivity contribution >= 4 is 57.9 Å². The van der Waals surface area contributed by atoms with Gasteiger partial charge in [0.15, 0.2) is 34.6 Å². The maximum atomic E-state index is 13.6. The molecule has 6 rings (SSSR count). The number of carboxylic acid groups (broad SMARTS) is 2. The minimum Gasteiger partial charge on any atom is -0.504 e. The molecular formula is C28H30N7O14S+. The van der Waals surface area contributed by atoms with Gasteiger partial charge < -0.3 is 45.8 Å². The van der Waals surface area contributed by atoms with E-state index in [1.165, 1.54) is 5.38 Å². The van der Waals surface area contributed by atoms with E-state index in [4.69, 9.17) is 24.9 Å². The van der Waals surface area contributed by atoms with E-state index in [1.807, 2.05) is 0 Å². The van der Waals surface area contributed by atoms with E-state index in [9.17, 15) is 49.2 Å². The lowest BCUT2D eigenvalue weighted by Gasteiger charge is -2.37. The Morgan fingerprint density at radius 3 is 2.44 bits per heavy atom. The molecule has 5 atom stereocenters. The van der Waals surface area contributed by atoms with Crippen molar-refractivity contribution in [3.05, 3.63) is 29.0 Å². The maximum Gasteiger partial charge on any atom is 0.499 e. The van der Waals surface area contributed by atoms with Crippen LogP contribution in [0, 0.1) is 0 Å². The molecule has 6 heterocycles. The van der Waals surface area contributed by atoms with Crippen LogP contribution in [0.15, 0.2) is 22.8 Å². The number of fused-ring (bicyclic) bond motifs is 1. The van der Waals surface area contributed by atoms with Gasteiger partial charge in [-0.25, -0.2) is 24.3 Å². The Morgan fingerprint density at radius 2 is 1.82 bits per heavy atom. The number of thiazole rings is 1. The van der Waals surface area contributed by atoms with Crippen LogP contribution >= 0.6 is 11.3 Å². The number of aliphatic carboxylic acids is 2. The predicted molar refractivity (Wildman–Crippen MR) is 160 cm³/mol. The number of hydrogen-bond acceptors (Lipinski definition) is 16. The molecule has 2 aromatic heterocycles. The molecule has 2 aromatic rings. The fraction of sp³-hybridized carbons (Fsp3) is 0.464. The van der Waals surface area contributed by atoms with Crippen LogP contribution in [0.4, 0.5) is 9.93 Å². The first-order chi connectivity index (χ1) is 23.5. The van der Waals surface area contributed by atoms with Crippen molar-refractivity contribution in [3.63, 3.8) is 0 Å². The number of rotatable bonds is 9. The molecule has 0 radical (unpaired) electrons. The Morgan fingerprint density at radius 1 is 1.12 bits per heavy atom. The number of ether oxygens (including phenoxy) is 2. The summed E-state index contributed by atoms with van der Waals surface area (Å²) in [5, 5.41) is 47.7. The summed E-state index contributed by atoms with van der Waals surface area (Å²) in [4.78, 5) is 94.0. The van der Waals surface area contributed by atoms with Gasteiger partial charge in [0.25, 0.3) is 11.8 Å². The van der Waals surface area contributed by atoms with Crippen molar-refractivity contribution in [1.29, 1.82) is 0 Å². The predicted octanol–water partition coefficient (Wildman–Crippen LogP) is -1.61. The summed E-state index contributed by atoms with van der Waals surface area (Å²) in [6.07, 6.45) is -1.13. The average molecular weight is 721 g/mol. The quantitative estimate of drug-likeness (QED) is 0.0735. The van der Waals surface area contributed by atoms with Crippen LogP contribution in [0.5, 0.6) is 11.5 Å². The van der Waals surface area contributed by atoms with Crippen molar-refractivity contribution in [2.45, 2.75) is 75.3 Å². The number of pyridine rings is 1. The number of carbonyl (C=O) groups is 6. The third-order valence-electron chi connectivity index (χ3n) is 8.51. The van der Waals surface area contributed by atoms with E-state index in [2.05, 4.69) is 15.5 Å². The lowest BCUT2D eigenvalue weighted by Crippen LogP contribution is -2.57. The molecule has 3 saturated heterocycles. The lowest BCUT2D eigenvalue weighted by molar-refractivity contribution is -0.573. The Balaban J connectivity index is 1.21. The molecule has 4 aliphatic rings. The summed E-state index contributed by atoms with van der Waals surface area (Å²) in [6.45, 7) is 2.38. The third kappa shape index (κ3) is 5.75. The smallest absolute Gasteiger partial charge is 0.499 e. The van der Waals surface area contributed by atoms with Gasteiger partial charge in [-0.15, -0.1) is 11.3 Å². The fourth-order valence-corrected chi connectivity index (χ4v) is 6.81. The highest BCUT2D eigenvalue weighted by molar-refractivity contribution is 7.13. The number of carboxylic acids is 2. The Hall–Kier alpha value is -5.61. The molecule has 0 saturated carbocycles. The molecule has 2 unspecified atom stereocenters. The van der Waals surface area contributed by atoms with E-state index in [-0.39, 0.29) is 41.0 Å². The van der Waals surface area contributed by atoms with Crippen LogP contribution in [0.3, 0.4) is 0 Å². The fourth-order valence-electron chi connectivity index (χ4n) is 6.26. The lowest BCUT2D eigenvalue weighted by atomic mass is 9.88. The topological polar surface area (TPSA) is 294 Å². The number of carbonyl (C=O) groups excluding carboxylic acids is 4. The summed E-state index contributed by atoms with van der Waals surface area (Å²) < 4.78 is 11.8. The maximum absolute atomic E-state index is 13.6. The first kappa shape index (κ1) is 34.3. The van der Waals surface area contributed by atoms with Crippen LogP contribution in [0.2, 0.25) is 0 Å². The van der Waals surface area contributed by atoms with Gasteiger partial charge in [-0.05, 0) is 13.8 Å². The largest absolute Gasteiger partial charge is 0.504 e. The molecule has 0 aromatic carbocycles. The summed E-state index contributed by atoms with van der Waals surface area (Å²) >= 11 is 0.935. The minimum absolute atomic E-state index is 0.0285. The number of esters is 1. The van der Waals surface area contributed by atoms with Crippen LogP contribution in [0.25, 0.3) is 0 Å². The van der Waals surface area contributed by atoms with E-state index < -0.39 is 102 Å². The van der Waals surface area contributed by atoms with Crippen LogP contribution < -0.4 is 15.6 Å². The number of nitrogen functional groups attached to an aromatic ring is 1. The minimum atomic E-state index is -2.77. The van der Waals surface area contributed by atoms with Gasteiger partial charge in [-0.2, -0.15) is 14.4 Å². The number of nitrogens with two attached hydrogens (primary N) is 1. The molecule has 266 valence electrons. The number of aromatic nitrogens is 2. The molecule has 3 amide bonds. The van der Waals surface area contributed by atoms with Gasteiger partial charge in [-0.3, -0.25) is 14.4 Å². The molecule has 4 aliphatic heterocycles. The molecule has 0 bridgehead atoms. The number of hydrogen-bond donors (Lipinski definition) is 6. The second kappa shape index (κ2) is 12.4. The van der Waals surface area contributed by atoms with Gasteiger partial charge in [0, 0.05) is 24.3 Å². The SMILES string of the molecule is C[C@@H]1CC(O/N=C(\C(=O)N[C@H]2CON(C3(C(=O)O)CC(N4Cc5cc(O)c(O)c[n+]5C4=O)C(=O)O3)C2=O)c2csc(N)n2)(C(=O)O)C[C@@H](C)O1. The molecule has 21 nitrogen and oxygen atoms in total. The van der Waals surface area contributed by atoms with E-state index >= 15 is 0 Å². The van der Waals surface area contributed by atoms with Crippen molar-refractivity contribution in [2.75, 3.05) is 12.3 Å². The number of nitrogens with one attached hydrogen (secondary N) is 1. The van der Waals surface area contributed by atoms with Crippen molar-refractivity contribution in [2.24, 2.45) is 5.16 Å². The van der Waals surface area contributed by atoms with Crippen LogP contribution in [0.1, 0.15) is 44.5 Å². The number of anilines is 1. The van der Waals surface area contributed by atoms with Crippen molar-refractivity contribution in [3.8, 4) is 11.5 Å². The number of amides is 3. The highest BCUT2D eigenvalue weighted by atomic mass is 32.1.